The lowest BCUT2D eigenvalue weighted by atomic mass is 10.0. The van der Waals surface area contributed by atoms with Gasteiger partial charge in [-0.05, 0) is 40.0 Å². The minimum Gasteiger partial charge on any atom is -0.444 e. The third kappa shape index (κ3) is 3.15. The van der Waals surface area contributed by atoms with E-state index in [2.05, 4.69) is 10.3 Å². The van der Waals surface area contributed by atoms with Crippen LogP contribution in [0, 0.1) is 0 Å². The average Bonchev–Trinajstić information content (AvgIpc) is 2.80. The first-order valence-electron chi connectivity index (χ1n) is 6.75. The zero-order chi connectivity index (χ0) is 13.2. The van der Waals surface area contributed by atoms with Gasteiger partial charge in [-0.2, -0.15) is 0 Å². The van der Waals surface area contributed by atoms with E-state index in [1.54, 1.807) is 0 Å². The van der Waals surface area contributed by atoms with E-state index in [4.69, 9.17) is 4.74 Å². The summed E-state index contributed by atoms with van der Waals surface area (Å²) >= 11 is 0. The molecule has 2 aliphatic heterocycles. The summed E-state index contributed by atoms with van der Waals surface area (Å²) in [6.45, 7) is 8.15. The summed E-state index contributed by atoms with van der Waals surface area (Å²) in [4.78, 5) is 18.5. The Balaban J connectivity index is 2.05. The predicted molar refractivity (Wildman–Crippen MR) is 70.9 cm³/mol. The number of amides is 1. The summed E-state index contributed by atoms with van der Waals surface area (Å²) in [7, 11) is 0. The fourth-order valence-corrected chi connectivity index (χ4v) is 2.39. The van der Waals surface area contributed by atoms with Gasteiger partial charge < -0.3 is 10.1 Å². The molecule has 0 saturated carbocycles. The molecule has 2 aliphatic rings. The molecule has 5 heteroatoms. The van der Waals surface area contributed by atoms with Crippen LogP contribution in [0.5, 0.6) is 0 Å². The van der Waals surface area contributed by atoms with Gasteiger partial charge in [0.15, 0.2) is 0 Å². The molecule has 0 aromatic heterocycles. The van der Waals surface area contributed by atoms with E-state index in [1.165, 1.54) is 0 Å². The van der Waals surface area contributed by atoms with Crippen molar-refractivity contribution in [2.75, 3.05) is 19.6 Å². The fourth-order valence-electron chi connectivity index (χ4n) is 2.39. The maximum atomic E-state index is 12.2. The molecule has 0 aromatic rings. The van der Waals surface area contributed by atoms with Crippen LogP contribution in [-0.4, -0.2) is 48.1 Å². The number of ether oxygens (including phenoxy) is 1. The zero-order valence-electron chi connectivity index (χ0n) is 11.5. The Kier molecular flexibility index (Phi) is 3.78. The van der Waals surface area contributed by atoms with Crippen molar-refractivity contribution < 1.29 is 9.53 Å². The standard InChI is InChI=1S/C13H23N3O2/c1-13(2,3)18-12(17)16-9-5-4-6-10(16)11-14-7-8-15-11/h10H,4-9H2,1-3H3,(H,14,15). The molecule has 0 radical (unpaired) electrons. The van der Waals surface area contributed by atoms with Crippen LogP contribution < -0.4 is 5.32 Å². The maximum Gasteiger partial charge on any atom is 0.410 e. The molecule has 0 aromatic carbocycles. The van der Waals surface area contributed by atoms with E-state index < -0.39 is 5.60 Å². The topological polar surface area (TPSA) is 53.9 Å². The van der Waals surface area contributed by atoms with Crippen molar-refractivity contribution in [2.45, 2.75) is 51.7 Å². The number of hydrogen-bond donors (Lipinski definition) is 1. The third-order valence-electron chi connectivity index (χ3n) is 3.15. The Hall–Kier alpha value is -1.26. The van der Waals surface area contributed by atoms with Gasteiger partial charge in [0.05, 0.1) is 12.6 Å². The first-order chi connectivity index (χ1) is 8.47. The quantitative estimate of drug-likeness (QED) is 0.775. The smallest absolute Gasteiger partial charge is 0.410 e. The monoisotopic (exact) mass is 253 g/mol. The molecule has 1 saturated heterocycles. The zero-order valence-corrected chi connectivity index (χ0v) is 11.5. The number of aliphatic imine (C=N–C) groups is 1. The molecular formula is C13H23N3O2. The Morgan fingerprint density at radius 3 is 2.83 bits per heavy atom. The molecule has 18 heavy (non-hydrogen) atoms. The summed E-state index contributed by atoms with van der Waals surface area (Å²) in [5.41, 5.74) is -0.440. The minimum absolute atomic E-state index is 0.0797. The Labute approximate surface area is 109 Å². The number of carbonyl (C=O) groups excluding carboxylic acids is 1. The summed E-state index contributed by atoms with van der Waals surface area (Å²) in [6.07, 6.45) is 2.95. The largest absolute Gasteiger partial charge is 0.444 e. The normalized spacial score (nSPS) is 24.5. The van der Waals surface area contributed by atoms with Gasteiger partial charge in [-0.15, -0.1) is 0 Å². The van der Waals surface area contributed by atoms with Gasteiger partial charge in [-0.25, -0.2) is 4.79 Å². The minimum atomic E-state index is -0.440. The molecule has 1 fully saturated rings. The molecule has 0 bridgehead atoms. The van der Waals surface area contributed by atoms with Gasteiger partial charge in [0.2, 0.25) is 0 Å². The molecule has 1 unspecified atom stereocenters. The Morgan fingerprint density at radius 1 is 1.44 bits per heavy atom. The number of carbonyl (C=O) groups is 1. The van der Waals surface area contributed by atoms with Crippen LogP contribution in [0.3, 0.4) is 0 Å². The van der Waals surface area contributed by atoms with Crippen LogP contribution in [0.4, 0.5) is 4.79 Å². The third-order valence-corrected chi connectivity index (χ3v) is 3.15. The molecule has 0 aliphatic carbocycles. The lowest BCUT2D eigenvalue weighted by Gasteiger charge is -2.36. The van der Waals surface area contributed by atoms with Crippen LogP contribution in [0.25, 0.3) is 0 Å². The molecule has 102 valence electrons. The second-order valence-electron chi connectivity index (χ2n) is 5.88. The van der Waals surface area contributed by atoms with Crippen molar-refractivity contribution in [1.82, 2.24) is 10.2 Å². The van der Waals surface area contributed by atoms with E-state index in [9.17, 15) is 4.79 Å². The van der Waals surface area contributed by atoms with Crippen LogP contribution in [0.2, 0.25) is 0 Å². The molecule has 1 amide bonds. The van der Waals surface area contributed by atoms with Crippen molar-refractivity contribution in [3.8, 4) is 0 Å². The molecule has 2 rings (SSSR count). The highest BCUT2D eigenvalue weighted by Gasteiger charge is 2.34. The van der Waals surface area contributed by atoms with E-state index in [0.29, 0.717) is 0 Å². The Bertz CT molecular complexity index is 347. The molecule has 5 nitrogen and oxygen atoms in total. The van der Waals surface area contributed by atoms with Crippen molar-refractivity contribution >= 4 is 11.9 Å². The van der Waals surface area contributed by atoms with Gasteiger partial charge in [0.25, 0.3) is 0 Å². The second-order valence-corrected chi connectivity index (χ2v) is 5.88. The van der Waals surface area contributed by atoms with Crippen molar-refractivity contribution in [2.24, 2.45) is 4.99 Å². The van der Waals surface area contributed by atoms with Crippen molar-refractivity contribution in [3.05, 3.63) is 0 Å². The number of nitrogens with zero attached hydrogens (tertiary/aromatic N) is 2. The summed E-state index contributed by atoms with van der Waals surface area (Å²) in [5.74, 6) is 0.959. The highest BCUT2D eigenvalue weighted by molar-refractivity contribution is 5.91. The fraction of sp³-hybridized carbons (Fsp3) is 0.846. The van der Waals surface area contributed by atoms with Crippen LogP contribution in [-0.2, 0) is 4.74 Å². The van der Waals surface area contributed by atoms with Crippen LogP contribution in [0.15, 0.2) is 4.99 Å². The van der Waals surface area contributed by atoms with Gasteiger partial charge in [-0.1, -0.05) is 0 Å². The predicted octanol–water partition coefficient (Wildman–Crippen LogP) is 1.78. The second kappa shape index (κ2) is 5.16. The van der Waals surface area contributed by atoms with Crippen molar-refractivity contribution in [3.63, 3.8) is 0 Å². The van der Waals surface area contributed by atoms with E-state index in [1.807, 2.05) is 25.7 Å². The van der Waals surface area contributed by atoms with Gasteiger partial charge in [0.1, 0.15) is 11.4 Å². The molecule has 0 spiro atoms. The molecule has 2 heterocycles. The first-order valence-corrected chi connectivity index (χ1v) is 6.75. The lowest BCUT2D eigenvalue weighted by molar-refractivity contribution is 0.0165. The number of amidine groups is 1. The first kappa shape index (κ1) is 13.2. The number of likely N-dealkylation sites (tertiary alicyclic amines) is 1. The average molecular weight is 253 g/mol. The van der Waals surface area contributed by atoms with E-state index >= 15 is 0 Å². The summed E-state index contributed by atoms with van der Waals surface area (Å²) in [5, 5.41) is 3.27. The Morgan fingerprint density at radius 2 is 2.22 bits per heavy atom. The van der Waals surface area contributed by atoms with Crippen LogP contribution in [0.1, 0.15) is 40.0 Å². The van der Waals surface area contributed by atoms with E-state index in [0.717, 1.165) is 44.7 Å². The maximum absolute atomic E-state index is 12.2. The number of rotatable bonds is 1. The number of hydrogen-bond acceptors (Lipinski definition) is 4. The molecular weight excluding hydrogens is 230 g/mol. The number of piperidine rings is 1. The van der Waals surface area contributed by atoms with Crippen LogP contribution >= 0.6 is 0 Å². The molecule has 1 N–H and O–H groups in total. The van der Waals surface area contributed by atoms with E-state index in [-0.39, 0.29) is 12.1 Å². The highest BCUT2D eigenvalue weighted by atomic mass is 16.6. The van der Waals surface area contributed by atoms with Crippen molar-refractivity contribution in [1.29, 1.82) is 0 Å². The SMILES string of the molecule is CC(C)(C)OC(=O)N1CCCCC1C1=NCCN1. The number of nitrogens with one attached hydrogen (secondary N) is 1. The summed E-state index contributed by atoms with van der Waals surface area (Å²) in [6, 6.07) is 0.0797. The van der Waals surface area contributed by atoms with Gasteiger partial charge in [0, 0.05) is 13.1 Å². The lowest BCUT2D eigenvalue weighted by Crippen LogP contribution is -2.52. The van der Waals surface area contributed by atoms with Gasteiger partial charge >= 0.3 is 6.09 Å². The van der Waals surface area contributed by atoms with Gasteiger partial charge in [-0.3, -0.25) is 9.89 Å². The highest BCUT2D eigenvalue weighted by Crippen LogP contribution is 2.21. The summed E-state index contributed by atoms with van der Waals surface area (Å²) < 4.78 is 5.47. The molecule has 1 atom stereocenters.